The minimum Gasteiger partial charge on any atom is -0.497 e. The maximum atomic E-state index is 11.6. The summed E-state index contributed by atoms with van der Waals surface area (Å²) >= 11 is 0. The molecule has 0 saturated heterocycles. The van der Waals surface area contributed by atoms with Gasteiger partial charge in [0.25, 0.3) is 0 Å². The Balaban J connectivity index is 2.75. The molecule has 1 aromatic heterocycles. The highest BCUT2D eigenvalue weighted by Gasteiger charge is 2.30. The third-order valence-electron chi connectivity index (χ3n) is 3.49. The molecule has 2 rings (SSSR count). The Bertz CT molecular complexity index is 612. The molecule has 1 aromatic carbocycles. The van der Waals surface area contributed by atoms with E-state index >= 15 is 0 Å². The summed E-state index contributed by atoms with van der Waals surface area (Å²) in [6.45, 7) is 3.67. The monoisotopic (exact) mass is 246 g/mol. The predicted molar refractivity (Wildman–Crippen MR) is 71.7 cm³/mol. The fourth-order valence-corrected chi connectivity index (χ4v) is 2.13. The van der Waals surface area contributed by atoms with Crippen LogP contribution in [0.25, 0.3) is 10.9 Å². The zero-order valence-corrected chi connectivity index (χ0v) is 11.2. The predicted octanol–water partition coefficient (Wildman–Crippen LogP) is 1.95. The normalized spacial score (nSPS) is 11.8. The van der Waals surface area contributed by atoms with Crippen molar-refractivity contribution in [2.45, 2.75) is 19.3 Å². The highest BCUT2D eigenvalue weighted by Crippen LogP contribution is 2.33. The molecule has 0 aliphatic heterocycles. The number of amides is 1. The molecule has 0 bridgehead atoms. The van der Waals surface area contributed by atoms with E-state index in [-0.39, 0.29) is 5.91 Å². The number of aromatic nitrogens is 1. The Morgan fingerprint density at radius 1 is 1.39 bits per heavy atom. The lowest BCUT2D eigenvalue weighted by Gasteiger charge is -2.19. The maximum absolute atomic E-state index is 11.6. The number of hydrogen-bond donors (Lipinski definition) is 1. The first-order valence-electron chi connectivity index (χ1n) is 5.81. The van der Waals surface area contributed by atoms with Crippen LogP contribution in [0.15, 0.2) is 24.4 Å². The van der Waals surface area contributed by atoms with Gasteiger partial charge in [-0.25, -0.2) is 0 Å². The molecule has 4 nitrogen and oxygen atoms in total. The zero-order valence-electron chi connectivity index (χ0n) is 11.2. The van der Waals surface area contributed by atoms with Crippen LogP contribution in [0, 0.1) is 0 Å². The van der Waals surface area contributed by atoms with Gasteiger partial charge < -0.3 is 15.0 Å². The van der Waals surface area contributed by atoms with Crippen LogP contribution in [0.2, 0.25) is 0 Å². The fraction of sp³-hybridized carbons (Fsp3) is 0.357. The average molecular weight is 246 g/mol. The molecule has 0 unspecified atom stereocenters. The molecule has 1 heterocycles. The number of nitrogens with zero attached hydrogens (tertiary/aromatic N) is 1. The summed E-state index contributed by atoms with van der Waals surface area (Å²) in [6, 6.07) is 5.83. The Morgan fingerprint density at radius 3 is 2.61 bits per heavy atom. The van der Waals surface area contributed by atoms with Gasteiger partial charge in [0.2, 0.25) is 5.91 Å². The van der Waals surface area contributed by atoms with Gasteiger partial charge in [0, 0.05) is 24.1 Å². The van der Waals surface area contributed by atoms with Crippen LogP contribution < -0.4 is 10.5 Å². The SMILES string of the molecule is COc1ccc2c(c1)c(C(C)(C)C(N)=O)cn2C. The summed E-state index contributed by atoms with van der Waals surface area (Å²) in [5.74, 6) is 0.438. The number of rotatable bonds is 3. The molecule has 0 radical (unpaired) electrons. The highest BCUT2D eigenvalue weighted by atomic mass is 16.5. The Labute approximate surface area is 106 Å². The molecule has 18 heavy (non-hydrogen) atoms. The molecule has 4 heteroatoms. The van der Waals surface area contributed by atoms with Crippen LogP contribution in [0.4, 0.5) is 0 Å². The molecule has 0 atom stereocenters. The summed E-state index contributed by atoms with van der Waals surface area (Å²) in [4.78, 5) is 11.6. The van der Waals surface area contributed by atoms with Crippen molar-refractivity contribution in [3.05, 3.63) is 30.0 Å². The minimum absolute atomic E-state index is 0.335. The lowest BCUT2D eigenvalue weighted by Crippen LogP contribution is -2.35. The Hall–Kier alpha value is -1.97. The van der Waals surface area contributed by atoms with E-state index in [0.29, 0.717) is 0 Å². The maximum Gasteiger partial charge on any atom is 0.227 e. The van der Waals surface area contributed by atoms with E-state index in [2.05, 4.69) is 0 Å². The second kappa shape index (κ2) is 4.05. The lowest BCUT2D eigenvalue weighted by molar-refractivity contribution is -0.122. The van der Waals surface area contributed by atoms with Gasteiger partial charge in [-0.05, 0) is 37.6 Å². The number of primary amides is 1. The van der Waals surface area contributed by atoms with Crippen molar-refractivity contribution in [3.63, 3.8) is 0 Å². The van der Waals surface area contributed by atoms with Gasteiger partial charge in [0.15, 0.2) is 0 Å². The summed E-state index contributed by atoms with van der Waals surface area (Å²) in [5, 5.41) is 1.00. The molecule has 0 saturated carbocycles. The largest absolute Gasteiger partial charge is 0.497 e. The van der Waals surface area contributed by atoms with Crippen molar-refractivity contribution in [2.75, 3.05) is 7.11 Å². The van der Waals surface area contributed by atoms with Gasteiger partial charge in [-0.3, -0.25) is 4.79 Å². The number of hydrogen-bond acceptors (Lipinski definition) is 2. The van der Waals surface area contributed by atoms with Crippen LogP contribution in [-0.4, -0.2) is 17.6 Å². The first kappa shape index (κ1) is 12.5. The van der Waals surface area contributed by atoms with Crippen molar-refractivity contribution in [1.29, 1.82) is 0 Å². The van der Waals surface area contributed by atoms with Crippen LogP contribution in [0.1, 0.15) is 19.4 Å². The smallest absolute Gasteiger partial charge is 0.227 e. The number of aryl methyl sites for hydroxylation is 1. The van der Waals surface area contributed by atoms with Gasteiger partial charge in [0.05, 0.1) is 12.5 Å². The second-order valence-corrected chi connectivity index (χ2v) is 5.03. The molecule has 2 aromatic rings. The van der Waals surface area contributed by atoms with Crippen molar-refractivity contribution in [2.24, 2.45) is 12.8 Å². The number of benzene rings is 1. The van der Waals surface area contributed by atoms with Crippen molar-refractivity contribution < 1.29 is 9.53 Å². The Morgan fingerprint density at radius 2 is 2.06 bits per heavy atom. The average Bonchev–Trinajstić information content (AvgIpc) is 2.66. The number of ether oxygens (including phenoxy) is 1. The van der Waals surface area contributed by atoms with Crippen molar-refractivity contribution in [3.8, 4) is 5.75 Å². The molecule has 0 spiro atoms. The molecular formula is C14H18N2O2. The van der Waals surface area contributed by atoms with E-state index in [1.54, 1.807) is 7.11 Å². The molecular weight excluding hydrogens is 228 g/mol. The number of carbonyl (C=O) groups excluding carboxylic acids is 1. The number of carbonyl (C=O) groups is 1. The first-order valence-corrected chi connectivity index (χ1v) is 5.81. The molecule has 0 aliphatic rings. The van der Waals surface area contributed by atoms with Gasteiger partial charge in [-0.15, -0.1) is 0 Å². The second-order valence-electron chi connectivity index (χ2n) is 5.03. The highest BCUT2D eigenvalue weighted by molar-refractivity contribution is 5.94. The van der Waals surface area contributed by atoms with Gasteiger partial charge in [0.1, 0.15) is 5.75 Å². The molecule has 96 valence electrons. The van der Waals surface area contributed by atoms with Crippen molar-refractivity contribution in [1.82, 2.24) is 4.57 Å². The van der Waals surface area contributed by atoms with E-state index < -0.39 is 5.41 Å². The van der Waals surface area contributed by atoms with E-state index in [9.17, 15) is 4.79 Å². The Kier molecular flexibility index (Phi) is 2.81. The first-order chi connectivity index (χ1) is 8.37. The topological polar surface area (TPSA) is 57.2 Å². The molecule has 0 aliphatic carbocycles. The van der Waals surface area contributed by atoms with Crippen LogP contribution in [0.3, 0.4) is 0 Å². The lowest BCUT2D eigenvalue weighted by atomic mass is 9.84. The number of fused-ring (bicyclic) bond motifs is 1. The molecule has 1 amide bonds. The standard InChI is InChI=1S/C14H18N2O2/c1-14(2,13(15)17)11-8-16(3)12-6-5-9(18-4)7-10(11)12/h5-8H,1-4H3,(H2,15,17). The summed E-state index contributed by atoms with van der Waals surface area (Å²) < 4.78 is 7.23. The summed E-state index contributed by atoms with van der Waals surface area (Å²) in [6.07, 6.45) is 1.95. The fourth-order valence-electron chi connectivity index (χ4n) is 2.13. The van der Waals surface area contributed by atoms with E-state index in [0.717, 1.165) is 22.2 Å². The van der Waals surface area contributed by atoms with E-state index in [4.69, 9.17) is 10.5 Å². The van der Waals surface area contributed by atoms with Gasteiger partial charge in [-0.2, -0.15) is 0 Å². The molecule has 0 fully saturated rings. The molecule has 2 N–H and O–H groups in total. The van der Waals surface area contributed by atoms with E-state index in [1.807, 2.05) is 49.9 Å². The summed E-state index contributed by atoms with van der Waals surface area (Å²) in [5.41, 5.74) is 6.77. The number of nitrogens with two attached hydrogens (primary N) is 1. The number of methoxy groups -OCH3 is 1. The third kappa shape index (κ3) is 1.74. The van der Waals surface area contributed by atoms with Gasteiger partial charge in [-0.1, -0.05) is 0 Å². The van der Waals surface area contributed by atoms with Crippen LogP contribution in [-0.2, 0) is 17.3 Å². The quantitative estimate of drug-likeness (QED) is 0.900. The van der Waals surface area contributed by atoms with Crippen molar-refractivity contribution >= 4 is 16.8 Å². The summed E-state index contributed by atoms with van der Waals surface area (Å²) in [7, 11) is 3.58. The third-order valence-corrected chi connectivity index (χ3v) is 3.49. The minimum atomic E-state index is -0.703. The van der Waals surface area contributed by atoms with E-state index in [1.165, 1.54) is 0 Å². The van der Waals surface area contributed by atoms with Gasteiger partial charge >= 0.3 is 0 Å². The zero-order chi connectivity index (χ0) is 13.5. The van der Waals surface area contributed by atoms with Crippen LogP contribution in [0.5, 0.6) is 5.75 Å². The van der Waals surface area contributed by atoms with Crippen LogP contribution >= 0.6 is 0 Å².